The number of amides is 2. The number of urea groups is 1. The summed E-state index contributed by atoms with van der Waals surface area (Å²) < 4.78 is 1.87. The second-order valence-corrected chi connectivity index (χ2v) is 6.03. The fraction of sp³-hybridized carbons (Fsp3) is 0.375. The molecular formula is C16H22N4O2. The quantitative estimate of drug-likeness (QED) is 0.791. The maximum absolute atomic E-state index is 11.8. The van der Waals surface area contributed by atoms with Gasteiger partial charge in [0.15, 0.2) is 0 Å². The highest BCUT2D eigenvalue weighted by atomic mass is 16.3. The largest absolute Gasteiger partial charge is 0.394 e. The van der Waals surface area contributed by atoms with Gasteiger partial charge in [-0.2, -0.15) is 5.10 Å². The second kappa shape index (κ2) is 6.62. The number of aromatic nitrogens is 2. The third kappa shape index (κ3) is 4.60. The minimum Gasteiger partial charge on any atom is -0.394 e. The highest BCUT2D eigenvalue weighted by molar-refractivity contribution is 5.89. The summed E-state index contributed by atoms with van der Waals surface area (Å²) in [7, 11) is 0. The van der Waals surface area contributed by atoms with Gasteiger partial charge in [0.05, 0.1) is 24.9 Å². The number of nitrogens with one attached hydrogen (secondary N) is 2. The Morgan fingerprint density at radius 1 is 1.32 bits per heavy atom. The molecule has 0 aliphatic heterocycles. The molecular weight excluding hydrogens is 280 g/mol. The van der Waals surface area contributed by atoms with Crippen LogP contribution in [-0.4, -0.2) is 33.1 Å². The van der Waals surface area contributed by atoms with Gasteiger partial charge >= 0.3 is 6.03 Å². The zero-order valence-electron chi connectivity index (χ0n) is 13.1. The third-order valence-electron chi connectivity index (χ3n) is 3.17. The summed E-state index contributed by atoms with van der Waals surface area (Å²) in [5.74, 6) is 0. The van der Waals surface area contributed by atoms with Crippen molar-refractivity contribution in [3.8, 4) is 0 Å². The molecule has 3 N–H and O–H groups in total. The molecule has 0 aliphatic rings. The molecule has 0 spiro atoms. The van der Waals surface area contributed by atoms with Gasteiger partial charge in [0.1, 0.15) is 0 Å². The van der Waals surface area contributed by atoms with Crippen molar-refractivity contribution in [1.82, 2.24) is 15.1 Å². The molecule has 0 radical (unpaired) electrons. The van der Waals surface area contributed by atoms with Gasteiger partial charge in [0.25, 0.3) is 0 Å². The van der Waals surface area contributed by atoms with E-state index in [4.69, 9.17) is 5.11 Å². The molecule has 0 saturated carbocycles. The van der Waals surface area contributed by atoms with E-state index in [9.17, 15) is 4.79 Å². The summed E-state index contributed by atoms with van der Waals surface area (Å²) in [5.41, 5.74) is 2.28. The number of hydrogen-bond donors (Lipinski definition) is 3. The number of anilines is 1. The molecule has 0 unspecified atom stereocenters. The number of hydrogen-bond acceptors (Lipinski definition) is 3. The Balaban J connectivity index is 1.93. The highest BCUT2D eigenvalue weighted by Gasteiger charge is 2.18. The van der Waals surface area contributed by atoms with Crippen LogP contribution in [0.5, 0.6) is 0 Å². The predicted octanol–water partition coefficient (Wildman–Crippen LogP) is 2.13. The number of benzene rings is 1. The minimum atomic E-state index is -0.651. The van der Waals surface area contributed by atoms with Gasteiger partial charge in [-0.25, -0.2) is 4.79 Å². The van der Waals surface area contributed by atoms with Gasteiger partial charge in [0.2, 0.25) is 0 Å². The molecule has 1 aromatic heterocycles. The van der Waals surface area contributed by atoms with E-state index in [1.807, 2.05) is 48.3 Å². The van der Waals surface area contributed by atoms with Crippen molar-refractivity contribution in [2.45, 2.75) is 32.9 Å². The fourth-order valence-electron chi connectivity index (χ4n) is 1.94. The zero-order chi connectivity index (χ0) is 16.2. The van der Waals surface area contributed by atoms with E-state index >= 15 is 0 Å². The SMILES string of the molecule is Cc1cnn(Cc2ccc(NC(=O)NC(C)(C)CO)cc2)c1. The molecule has 0 saturated heterocycles. The smallest absolute Gasteiger partial charge is 0.319 e. The van der Waals surface area contributed by atoms with Crippen molar-refractivity contribution < 1.29 is 9.90 Å². The molecule has 1 aromatic carbocycles. The molecule has 0 bridgehead atoms. The Kier molecular flexibility index (Phi) is 4.82. The molecule has 6 heteroatoms. The Hall–Kier alpha value is -2.34. The summed E-state index contributed by atoms with van der Waals surface area (Å²) in [6.07, 6.45) is 3.81. The van der Waals surface area contributed by atoms with Crippen LogP contribution in [-0.2, 0) is 6.54 Å². The molecule has 22 heavy (non-hydrogen) atoms. The van der Waals surface area contributed by atoms with Crippen molar-refractivity contribution in [3.05, 3.63) is 47.8 Å². The Bertz CT molecular complexity index is 632. The van der Waals surface area contributed by atoms with E-state index in [1.165, 1.54) is 0 Å². The van der Waals surface area contributed by atoms with Crippen LogP contribution in [0.4, 0.5) is 10.5 Å². The summed E-state index contributed by atoms with van der Waals surface area (Å²) in [6.45, 7) is 6.08. The number of aliphatic hydroxyl groups excluding tert-OH is 1. The first kappa shape index (κ1) is 16.0. The maximum atomic E-state index is 11.8. The normalized spacial score (nSPS) is 11.3. The van der Waals surface area contributed by atoms with E-state index in [-0.39, 0.29) is 12.6 Å². The van der Waals surface area contributed by atoms with Crippen molar-refractivity contribution >= 4 is 11.7 Å². The van der Waals surface area contributed by atoms with E-state index < -0.39 is 5.54 Å². The van der Waals surface area contributed by atoms with Gasteiger partial charge in [-0.05, 0) is 44.0 Å². The molecule has 2 rings (SSSR count). The Labute approximate surface area is 130 Å². The standard InChI is InChI=1S/C16H22N4O2/c1-12-8-17-20(9-12)10-13-4-6-14(7-5-13)18-15(22)19-16(2,3)11-21/h4-9,21H,10-11H2,1-3H3,(H2,18,19,22). The van der Waals surface area contributed by atoms with Crippen molar-refractivity contribution in [2.75, 3.05) is 11.9 Å². The molecule has 6 nitrogen and oxygen atoms in total. The fourth-order valence-corrected chi connectivity index (χ4v) is 1.94. The topological polar surface area (TPSA) is 79.2 Å². The van der Waals surface area contributed by atoms with Crippen LogP contribution < -0.4 is 10.6 Å². The lowest BCUT2D eigenvalue weighted by Crippen LogP contribution is -2.48. The van der Waals surface area contributed by atoms with Crippen molar-refractivity contribution in [1.29, 1.82) is 0 Å². The number of aryl methyl sites for hydroxylation is 1. The third-order valence-corrected chi connectivity index (χ3v) is 3.17. The van der Waals surface area contributed by atoms with Crippen LogP contribution in [0, 0.1) is 6.92 Å². The molecule has 2 amide bonds. The average Bonchev–Trinajstić information content (AvgIpc) is 2.86. The first-order chi connectivity index (χ1) is 10.4. The monoisotopic (exact) mass is 302 g/mol. The summed E-state index contributed by atoms with van der Waals surface area (Å²) in [4.78, 5) is 11.8. The minimum absolute atomic E-state index is 0.122. The van der Waals surface area contributed by atoms with Crippen LogP contribution in [0.3, 0.4) is 0 Å². The van der Waals surface area contributed by atoms with Crippen molar-refractivity contribution in [3.63, 3.8) is 0 Å². The van der Waals surface area contributed by atoms with Crippen molar-refractivity contribution in [2.24, 2.45) is 0 Å². The van der Waals surface area contributed by atoms with E-state index in [2.05, 4.69) is 15.7 Å². The van der Waals surface area contributed by atoms with Crippen LogP contribution in [0.15, 0.2) is 36.7 Å². The Morgan fingerprint density at radius 2 is 2.00 bits per heavy atom. The lowest BCUT2D eigenvalue weighted by atomic mass is 10.1. The lowest BCUT2D eigenvalue weighted by Gasteiger charge is -2.23. The van der Waals surface area contributed by atoms with E-state index in [1.54, 1.807) is 13.8 Å². The van der Waals surface area contributed by atoms with Crippen LogP contribution >= 0.6 is 0 Å². The predicted molar refractivity (Wildman–Crippen MR) is 85.8 cm³/mol. The molecule has 1 heterocycles. The second-order valence-electron chi connectivity index (χ2n) is 6.03. The Morgan fingerprint density at radius 3 is 2.55 bits per heavy atom. The van der Waals surface area contributed by atoms with Gasteiger partial charge in [-0.15, -0.1) is 0 Å². The lowest BCUT2D eigenvalue weighted by molar-refractivity contribution is 0.187. The first-order valence-electron chi connectivity index (χ1n) is 7.16. The first-order valence-corrected chi connectivity index (χ1v) is 7.16. The molecule has 2 aromatic rings. The van der Waals surface area contributed by atoms with E-state index in [0.29, 0.717) is 12.2 Å². The average molecular weight is 302 g/mol. The molecule has 0 fully saturated rings. The van der Waals surface area contributed by atoms with Gasteiger partial charge in [0, 0.05) is 11.9 Å². The van der Waals surface area contributed by atoms with Gasteiger partial charge in [-0.1, -0.05) is 12.1 Å². The van der Waals surface area contributed by atoms with Gasteiger partial charge in [-0.3, -0.25) is 4.68 Å². The summed E-state index contributed by atoms with van der Waals surface area (Å²) >= 11 is 0. The number of aliphatic hydroxyl groups is 1. The molecule has 118 valence electrons. The van der Waals surface area contributed by atoms with Crippen LogP contribution in [0.25, 0.3) is 0 Å². The highest BCUT2D eigenvalue weighted by Crippen LogP contribution is 2.11. The van der Waals surface area contributed by atoms with Gasteiger partial charge < -0.3 is 15.7 Å². The number of nitrogens with zero attached hydrogens (tertiary/aromatic N) is 2. The molecule has 0 aliphatic carbocycles. The van der Waals surface area contributed by atoms with Crippen LogP contribution in [0.2, 0.25) is 0 Å². The summed E-state index contributed by atoms with van der Waals surface area (Å²) in [5, 5.41) is 18.8. The number of rotatable bonds is 5. The number of carbonyl (C=O) groups excluding carboxylic acids is 1. The summed E-state index contributed by atoms with van der Waals surface area (Å²) in [6, 6.07) is 7.25. The van der Waals surface area contributed by atoms with E-state index in [0.717, 1.165) is 11.1 Å². The maximum Gasteiger partial charge on any atom is 0.319 e. The molecule has 0 atom stereocenters. The zero-order valence-corrected chi connectivity index (χ0v) is 13.1. The number of carbonyl (C=O) groups is 1. The van der Waals surface area contributed by atoms with Crippen LogP contribution in [0.1, 0.15) is 25.0 Å².